The monoisotopic (exact) mass is 220 g/mol. The van der Waals surface area contributed by atoms with E-state index in [1.807, 2.05) is 7.05 Å². The Kier molecular flexibility index (Phi) is 2.56. The maximum absolute atomic E-state index is 11.9. The Hall–Kier alpha value is -1.61. The van der Waals surface area contributed by atoms with Crippen LogP contribution in [0.4, 0.5) is 0 Å². The highest BCUT2D eigenvalue weighted by molar-refractivity contribution is 6.30. The van der Waals surface area contributed by atoms with Crippen LogP contribution in [0.2, 0.25) is 5.02 Å². The van der Waals surface area contributed by atoms with Gasteiger partial charge >= 0.3 is 0 Å². The fraction of sp³-hybridized carbons (Fsp3) is 0.0909. The lowest BCUT2D eigenvalue weighted by molar-refractivity contribution is 0.103. The van der Waals surface area contributed by atoms with Crippen LogP contribution >= 0.6 is 11.6 Å². The van der Waals surface area contributed by atoms with Gasteiger partial charge in [-0.15, -0.1) is 0 Å². The molecule has 0 saturated carbocycles. The number of carbonyl (C=O) groups excluding carboxylic acids is 1. The summed E-state index contributed by atoms with van der Waals surface area (Å²) in [4.78, 5) is 15.8. The van der Waals surface area contributed by atoms with Gasteiger partial charge in [-0.2, -0.15) is 0 Å². The number of nitrogens with zero attached hydrogens (tertiary/aromatic N) is 2. The number of carbonyl (C=O) groups is 1. The molecule has 0 amide bonds. The summed E-state index contributed by atoms with van der Waals surface area (Å²) in [6, 6.07) is 6.77. The smallest absolute Gasteiger partial charge is 0.212 e. The predicted molar refractivity (Wildman–Crippen MR) is 58.1 cm³/mol. The third-order valence-corrected chi connectivity index (χ3v) is 2.30. The molecule has 1 aromatic heterocycles. The normalized spacial score (nSPS) is 10.3. The van der Waals surface area contributed by atoms with Gasteiger partial charge in [-0.25, -0.2) is 4.98 Å². The molecule has 2 rings (SSSR count). The molecule has 0 saturated heterocycles. The van der Waals surface area contributed by atoms with Crippen molar-refractivity contribution in [2.75, 3.05) is 0 Å². The van der Waals surface area contributed by atoms with Crippen LogP contribution in [0.5, 0.6) is 0 Å². The summed E-state index contributed by atoms with van der Waals surface area (Å²) in [6.07, 6.45) is 3.29. The molecule has 0 aliphatic heterocycles. The first-order valence-corrected chi connectivity index (χ1v) is 4.83. The van der Waals surface area contributed by atoms with E-state index < -0.39 is 0 Å². The minimum atomic E-state index is -0.0905. The Morgan fingerprint density at radius 1 is 1.33 bits per heavy atom. The molecular formula is C11H9ClN2O. The summed E-state index contributed by atoms with van der Waals surface area (Å²) >= 11 is 5.74. The van der Waals surface area contributed by atoms with E-state index in [4.69, 9.17) is 11.6 Å². The molecule has 0 bridgehead atoms. The first kappa shape index (κ1) is 9.93. The molecule has 0 unspecified atom stereocenters. The van der Waals surface area contributed by atoms with Crippen LogP contribution in [-0.4, -0.2) is 15.3 Å². The van der Waals surface area contributed by atoms with Gasteiger partial charge in [-0.3, -0.25) is 4.79 Å². The summed E-state index contributed by atoms with van der Waals surface area (Å²) < 4.78 is 1.74. The summed E-state index contributed by atoms with van der Waals surface area (Å²) in [5.74, 6) is -0.0905. The van der Waals surface area contributed by atoms with E-state index in [1.54, 1.807) is 41.4 Å². The van der Waals surface area contributed by atoms with Gasteiger partial charge in [-0.05, 0) is 24.3 Å². The van der Waals surface area contributed by atoms with Gasteiger partial charge in [0.05, 0.1) is 6.33 Å². The van der Waals surface area contributed by atoms with Crippen molar-refractivity contribution in [2.45, 2.75) is 0 Å². The highest BCUT2D eigenvalue weighted by Gasteiger charge is 2.10. The largest absolute Gasteiger partial charge is 0.340 e. The first-order valence-electron chi connectivity index (χ1n) is 4.45. The number of hydrogen-bond acceptors (Lipinski definition) is 2. The van der Waals surface area contributed by atoms with Gasteiger partial charge in [0.15, 0.2) is 0 Å². The highest BCUT2D eigenvalue weighted by Crippen LogP contribution is 2.12. The van der Waals surface area contributed by atoms with E-state index in [1.165, 1.54) is 0 Å². The number of halogens is 1. The molecule has 0 spiro atoms. The van der Waals surface area contributed by atoms with Crippen molar-refractivity contribution in [3.63, 3.8) is 0 Å². The topological polar surface area (TPSA) is 34.9 Å². The summed E-state index contributed by atoms with van der Waals surface area (Å²) in [5.41, 5.74) is 1.04. The van der Waals surface area contributed by atoms with Crippen LogP contribution in [0, 0.1) is 0 Å². The molecule has 76 valence electrons. The number of rotatable bonds is 2. The van der Waals surface area contributed by atoms with Crippen molar-refractivity contribution in [3.8, 4) is 0 Å². The van der Waals surface area contributed by atoms with Crippen LogP contribution in [0.15, 0.2) is 36.8 Å². The van der Waals surface area contributed by atoms with E-state index in [2.05, 4.69) is 4.98 Å². The fourth-order valence-electron chi connectivity index (χ4n) is 1.28. The zero-order valence-electron chi connectivity index (χ0n) is 8.14. The third-order valence-electron chi connectivity index (χ3n) is 2.04. The predicted octanol–water partition coefficient (Wildman–Crippen LogP) is 2.30. The van der Waals surface area contributed by atoms with Crippen LogP contribution in [0.1, 0.15) is 16.1 Å². The molecule has 1 aromatic carbocycles. The quantitative estimate of drug-likeness (QED) is 0.728. The number of aryl methyl sites for hydroxylation is 1. The van der Waals surface area contributed by atoms with Gasteiger partial charge < -0.3 is 4.57 Å². The van der Waals surface area contributed by atoms with Gasteiger partial charge in [0.25, 0.3) is 0 Å². The van der Waals surface area contributed by atoms with Crippen molar-refractivity contribution < 1.29 is 4.79 Å². The zero-order valence-corrected chi connectivity index (χ0v) is 8.90. The van der Waals surface area contributed by atoms with Crippen molar-refractivity contribution in [2.24, 2.45) is 7.05 Å². The van der Waals surface area contributed by atoms with E-state index in [0.29, 0.717) is 16.3 Å². The fourth-order valence-corrected chi connectivity index (χ4v) is 1.41. The Bertz CT molecular complexity index is 488. The van der Waals surface area contributed by atoms with E-state index in [-0.39, 0.29) is 5.78 Å². The van der Waals surface area contributed by atoms with Crippen LogP contribution in [0.3, 0.4) is 0 Å². The van der Waals surface area contributed by atoms with Crippen molar-refractivity contribution >= 4 is 17.4 Å². The SMILES string of the molecule is Cn1cnc(C(=O)c2ccc(Cl)cc2)c1. The second kappa shape index (κ2) is 3.87. The van der Waals surface area contributed by atoms with Crippen molar-refractivity contribution in [1.82, 2.24) is 9.55 Å². The van der Waals surface area contributed by atoms with Crippen LogP contribution in [-0.2, 0) is 7.05 Å². The molecular weight excluding hydrogens is 212 g/mol. The maximum Gasteiger partial charge on any atom is 0.212 e. The zero-order chi connectivity index (χ0) is 10.8. The summed E-state index contributed by atoms with van der Waals surface area (Å²) in [5, 5.41) is 0.618. The average Bonchev–Trinajstić information content (AvgIpc) is 2.65. The van der Waals surface area contributed by atoms with Crippen molar-refractivity contribution in [3.05, 3.63) is 53.1 Å². The Morgan fingerprint density at radius 2 is 2.00 bits per heavy atom. The van der Waals surface area contributed by atoms with E-state index in [9.17, 15) is 4.79 Å². The highest BCUT2D eigenvalue weighted by atomic mass is 35.5. The molecule has 2 aromatic rings. The second-order valence-electron chi connectivity index (χ2n) is 3.26. The maximum atomic E-state index is 11.9. The first-order chi connectivity index (χ1) is 7.16. The molecule has 0 N–H and O–H groups in total. The third kappa shape index (κ3) is 2.07. The van der Waals surface area contributed by atoms with Crippen molar-refractivity contribution in [1.29, 1.82) is 0 Å². The number of ketones is 1. The lowest BCUT2D eigenvalue weighted by atomic mass is 10.1. The average molecular weight is 221 g/mol. The molecule has 0 atom stereocenters. The molecule has 0 aliphatic rings. The Balaban J connectivity index is 2.32. The molecule has 4 heteroatoms. The standard InChI is InChI=1S/C11H9ClN2O/c1-14-6-10(13-7-14)11(15)8-2-4-9(12)5-3-8/h2-7H,1H3. The van der Waals surface area contributed by atoms with E-state index in [0.717, 1.165) is 0 Å². The van der Waals surface area contributed by atoms with Gasteiger partial charge in [0.1, 0.15) is 5.69 Å². The van der Waals surface area contributed by atoms with Crippen LogP contribution < -0.4 is 0 Å². The molecule has 0 aliphatic carbocycles. The number of hydrogen-bond donors (Lipinski definition) is 0. The minimum absolute atomic E-state index is 0.0905. The van der Waals surface area contributed by atoms with Gasteiger partial charge in [-0.1, -0.05) is 11.6 Å². The molecule has 0 radical (unpaired) electrons. The van der Waals surface area contributed by atoms with Gasteiger partial charge in [0.2, 0.25) is 5.78 Å². The molecule has 1 heterocycles. The number of benzene rings is 1. The van der Waals surface area contributed by atoms with E-state index >= 15 is 0 Å². The molecule has 0 fully saturated rings. The van der Waals surface area contributed by atoms with Gasteiger partial charge in [0, 0.05) is 23.8 Å². The lowest BCUT2D eigenvalue weighted by Gasteiger charge is -1.96. The second-order valence-corrected chi connectivity index (χ2v) is 3.70. The molecule has 15 heavy (non-hydrogen) atoms. The summed E-state index contributed by atoms with van der Waals surface area (Å²) in [7, 11) is 1.83. The minimum Gasteiger partial charge on any atom is -0.340 e. The Labute approximate surface area is 92.3 Å². The van der Waals surface area contributed by atoms with Crippen LogP contribution in [0.25, 0.3) is 0 Å². The molecule has 3 nitrogen and oxygen atoms in total. The summed E-state index contributed by atoms with van der Waals surface area (Å²) in [6.45, 7) is 0. The number of aromatic nitrogens is 2. The number of imidazole rings is 1. The lowest BCUT2D eigenvalue weighted by Crippen LogP contribution is -2.01. The Morgan fingerprint density at radius 3 is 2.53 bits per heavy atom.